The lowest BCUT2D eigenvalue weighted by Gasteiger charge is -2.37. The minimum absolute atomic E-state index is 0.0542. The van der Waals surface area contributed by atoms with Crippen LogP contribution in [0.1, 0.15) is 9.67 Å². The summed E-state index contributed by atoms with van der Waals surface area (Å²) in [5.74, 6) is -0.124. The standard InChI is InChI=1S/C15H14N4O3S2/c1-18-9-16-17-15(18)24(21,22)11-7-19(8-11)14(20)13-6-10-4-2-3-5-12(10)23-13/h2-6,9,11H,7-8H2,1H3. The van der Waals surface area contributed by atoms with Crippen LogP contribution in [0.3, 0.4) is 0 Å². The van der Waals surface area contributed by atoms with Crippen LogP contribution in [-0.4, -0.2) is 52.3 Å². The third-order valence-corrected chi connectivity index (χ3v) is 7.29. The number of carbonyl (C=O) groups is 1. The maximum atomic E-state index is 12.5. The van der Waals surface area contributed by atoms with Crippen LogP contribution in [0.2, 0.25) is 0 Å². The molecule has 1 amide bonds. The van der Waals surface area contributed by atoms with Gasteiger partial charge < -0.3 is 9.47 Å². The maximum Gasteiger partial charge on any atom is 0.264 e. The van der Waals surface area contributed by atoms with Gasteiger partial charge in [0.2, 0.25) is 15.0 Å². The van der Waals surface area contributed by atoms with E-state index in [-0.39, 0.29) is 24.2 Å². The number of benzene rings is 1. The van der Waals surface area contributed by atoms with Gasteiger partial charge in [0.25, 0.3) is 5.91 Å². The number of hydrogen-bond acceptors (Lipinski definition) is 6. The lowest BCUT2D eigenvalue weighted by atomic mass is 10.2. The zero-order chi connectivity index (χ0) is 16.9. The quantitative estimate of drug-likeness (QED) is 0.702. The van der Waals surface area contributed by atoms with E-state index in [1.165, 1.54) is 22.2 Å². The van der Waals surface area contributed by atoms with Crippen LogP contribution in [0.15, 0.2) is 41.8 Å². The van der Waals surface area contributed by atoms with E-state index in [9.17, 15) is 13.2 Å². The molecule has 124 valence electrons. The molecule has 2 aromatic heterocycles. The third-order valence-electron chi connectivity index (χ3n) is 4.13. The Balaban J connectivity index is 1.51. The molecule has 0 radical (unpaired) electrons. The summed E-state index contributed by atoms with van der Waals surface area (Å²) < 4.78 is 27.4. The summed E-state index contributed by atoms with van der Waals surface area (Å²) in [7, 11) is -1.98. The Kier molecular flexibility index (Phi) is 3.43. The zero-order valence-corrected chi connectivity index (χ0v) is 14.4. The average molecular weight is 362 g/mol. The van der Waals surface area contributed by atoms with Gasteiger partial charge in [-0.15, -0.1) is 21.5 Å². The van der Waals surface area contributed by atoms with Crippen LogP contribution in [0.25, 0.3) is 10.1 Å². The first-order valence-electron chi connectivity index (χ1n) is 7.32. The summed E-state index contributed by atoms with van der Waals surface area (Å²) in [5.41, 5.74) is 0. The number of likely N-dealkylation sites (tertiary alicyclic amines) is 1. The number of rotatable bonds is 3. The molecule has 0 aliphatic carbocycles. The third kappa shape index (κ3) is 2.31. The lowest BCUT2D eigenvalue weighted by Crippen LogP contribution is -2.57. The Morgan fingerprint density at radius 1 is 1.29 bits per heavy atom. The van der Waals surface area contributed by atoms with Crippen molar-refractivity contribution in [1.29, 1.82) is 0 Å². The molecule has 1 aliphatic heterocycles. The van der Waals surface area contributed by atoms with Gasteiger partial charge in [0.1, 0.15) is 11.6 Å². The van der Waals surface area contributed by atoms with Crippen molar-refractivity contribution in [2.24, 2.45) is 7.05 Å². The molecule has 0 bridgehead atoms. The van der Waals surface area contributed by atoms with E-state index in [1.54, 1.807) is 11.9 Å². The van der Waals surface area contributed by atoms with Crippen molar-refractivity contribution in [2.45, 2.75) is 10.4 Å². The minimum atomic E-state index is -3.56. The van der Waals surface area contributed by atoms with Gasteiger partial charge >= 0.3 is 0 Å². The predicted molar refractivity (Wildman–Crippen MR) is 89.7 cm³/mol. The Morgan fingerprint density at radius 3 is 2.71 bits per heavy atom. The molecule has 0 unspecified atom stereocenters. The number of hydrogen-bond donors (Lipinski definition) is 0. The fourth-order valence-corrected chi connectivity index (χ4v) is 5.41. The van der Waals surface area contributed by atoms with E-state index in [0.717, 1.165) is 10.1 Å². The molecule has 1 aliphatic rings. The molecule has 0 atom stereocenters. The van der Waals surface area contributed by atoms with Crippen molar-refractivity contribution in [3.8, 4) is 0 Å². The van der Waals surface area contributed by atoms with Crippen molar-refractivity contribution in [1.82, 2.24) is 19.7 Å². The number of amides is 1. The van der Waals surface area contributed by atoms with Crippen LogP contribution < -0.4 is 0 Å². The Bertz CT molecular complexity index is 999. The topological polar surface area (TPSA) is 85.2 Å². The summed E-state index contributed by atoms with van der Waals surface area (Å²) in [5, 5.41) is 7.62. The first kappa shape index (κ1) is 15.3. The molecular weight excluding hydrogens is 348 g/mol. The molecule has 4 rings (SSSR count). The molecule has 24 heavy (non-hydrogen) atoms. The van der Waals surface area contributed by atoms with Crippen LogP contribution in [0.5, 0.6) is 0 Å². The summed E-state index contributed by atoms with van der Waals surface area (Å²) >= 11 is 1.42. The molecular formula is C15H14N4O3S2. The second kappa shape index (κ2) is 5.38. The molecule has 1 fully saturated rings. The van der Waals surface area contributed by atoms with E-state index < -0.39 is 15.1 Å². The summed E-state index contributed by atoms with van der Waals surface area (Å²) in [4.78, 5) is 14.7. The number of aromatic nitrogens is 3. The zero-order valence-electron chi connectivity index (χ0n) is 12.8. The number of fused-ring (bicyclic) bond motifs is 1. The maximum absolute atomic E-state index is 12.5. The number of carbonyl (C=O) groups excluding carboxylic acids is 1. The lowest BCUT2D eigenvalue weighted by molar-refractivity contribution is 0.0663. The monoisotopic (exact) mass is 362 g/mol. The predicted octanol–water partition coefficient (Wildman–Crippen LogP) is 1.33. The fourth-order valence-electron chi connectivity index (χ4n) is 2.72. The molecule has 1 aromatic carbocycles. The summed E-state index contributed by atoms with van der Waals surface area (Å²) in [6, 6.07) is 9.64. The van der Waals surface area contributed by atoms with Gasteiger partial charge in [0.05, 0.1) is 4.88 Å². The highest BCUT2D eigenvalue weighted by molar-refractivity contribution is 7.92. The number of aryl methyl sites for hydroxylation is 1. The molecule has 0 N–H and O–H groups in total. The second-order valence-electron chi connectivity index (χ2n) is 5.75. The highest BCUT2D eigenvalue weighted by atomic mass is 32.2. The largest absolute Gasteiger partial charge is 0.335 e. The Morgan fingerprint density at radius 2 is 2.04 bits per heavy atom. The molecule has 3 heterocycles. The Hall–Kier alpha value is -2.26. The van der Waals surface area contributed by atoms with Crippen molar-refractivity contribution in [2.75, 3.05) is 13.1 Å². The summed E-state index contributed by atoms with van der Waals surface area (Å²) in [6.07, 6.45) is 1.35. The van der Waals surface area contributed by atoms with Gasteiger partial charge in [-0.05, 0) is 17.5 Å². The normalized spacial score (nSPS) is 15.6. The second-order valence-corrected chi connectivity index (χ2v) is 8.96. The molecule has 3 aromatic rings. The van der Waals surface area contributed by atoms with E-state index in [4.69, 9.17) is 0 Å². The van der Waals surface area contributed by atoms with Crippen LogP contribution in [0, 0.1) is 0 Å². The van der Waals surface area contributed by atoms with E-state index in [0.29, 0.717) is 4.88 Å². The molecule has 0 spiro atoms. The number of sulfone groups is 1. The van der Waals surface area contributed by atoms with E-state index in [2.05, 4.69) is 10.2 Å². The Labute approximate surface area is 142 Å². The van der Waals surface area contributed by atoms with Crippen LogP contribution in [-0.2, 0) is 16.9 Å². The summed E-state index contributed by atoms with van der Waals surface area (Å²) in [6.45, 7) is 0.366. The van der Waals surface area contributed by atoms with Gasteiger partial charge in [0, 0.05) is 24.8 Å². The highest BCUT2D eigenvalue weighted by Crippen LogP contribution is 2.29. The van der Waals surface area contributed by atoms with Gasteiger partial charge in [-0.1, -0.05) is 18.2 Å². The van der Waals surface area contributed by atoms with Crippen molar-refractivity contribution >= 4 is 37.2 Å². The van der Waals surface area contributed by atoms with Gasteiger partial charge in [-0.3, -0.25) is 4.79 Å². The van der Waals surface area contributed by atoms with E-state index in [1.807, 2.05) is 30.3 Å². The fraction of sp³-hybridized carbons (Fsp3) is 0.267. The average Bonchev–Trinajstić information content (AvgIpc) is 3.11. The van der Waals surface area contributed by atoms with Crippen LogP contribution >= 0.6 is 11.3 Å². The van der Waals surface area contributed by atoms with Gasteiger partial charge in [-0.2, -0.15) is 0 Å². The molecule has 9 heteroatoms. The van der Waals surface area contributed by atoms with Crippen LogP contribution in [0.4, 0.5) is 0 Å². The SMILES string of the molecule is Cn1cnnc1S(=O)(=O)C1CN(C(=O)c2cc3ccccc3s2)C1. The number of nitrogens with zero attached hydrogens (tertiary/aromatic N) is 4. The smallest absolute Gasteiger partial charge is 0.264 e. The first-order chi connectivity index (χ1) is 11.5. The van der Waals surface area contributed by atoms with Crippen molar-refractivity contribution < 1.29 is 13.2 Å². The highest BCUT2D eigenvalue weighted by Gasteiger charge is 2.43. The van der Waals surface area contributed by atoms with Crippen molar-refractivity contribution in [3.63, 3.8) is 0 Å². The van der Waals surface area contributed by atoms with Gasteiger partial charge in [-0.25, -0.2) is 8.42 Å². The van der Waals surface area contributed by atoms with Crippen molar-refractivity contribution in [3.05, 3.63) is 41.5 Å². The first-order valence-corrected chi connectivity index (χ1v) is 9.69. The minimum Gasteiger partial charge on any atom is -0.335 e. The van der Waals surface area contributed by atoms with Gasteiger partial charge in [0.15, 0.2) is 0 Å². The molecule has 1 saturated heterocycles. The van der Waals surface area contributed by atoms with E-state index >= 15 is 0 Å². The number of thiophene rings is 1. The molecule has 7 nitrogen and oxygen atoms in total. The molecule has 0 saturated carbocycles.